The lowest BCUT2D eigenvalue weighted by Gasteiger charge is -2.13. The molecule has 29 heavy (non-hydrogen) atoms. The van der Waals surface area contributed by atoms with Gasteiger partial charge in [-0.2, -0.15) is 0 Å². The van der Waals surface area contributed by atoms with Crippen LogP contribution in [-0.2, 0) is 24.3 Å². The molecule has 1 heterocycles. The summed E-state index contributed by atoms with van der Waals surface area (Å²) >= 11 is 0. The zero-order chi connectivity index (χ0) is 19.9. The number of aliphatic imine (C=N–C) groups is 1. The first-order valence-corrected chi connectivity index (χ1v) is 9.07. The standard InChI is InChI=1S/C21H24F2N4O.HI/c1-24-21(27-11-14-3-5-19(23)16(9-14)13-28-2)25-8-7-15-12-26-20-6-4-17(22)10-18(15)20;/h3-6,9-10,12,26H,7-8,11,13H2,1-2H3,(H2,24,25,27);1H. The van der Waals surface area contributed by atoms with Crippen LogP contribution in [0.1, 0.15) is 16.7 Å². The van der Waals surface area contributed by atoms with E-state index < -0.39 is 0 Å². The van der Waals surface area contributed by atoms with E-state index in [9.17, 15) is 8.78 Å². The van der Waals surface area contributed by atoms with Crippen LogP contribution >= 0.6 is 24.0 Å². The Morgan fingerprint density at radius 3 is 2.69 bits per heavy atom. The quantitative estimate of drug-likeness (QED) is 0.253. The number of methoxy groups -OCH3 is 1. The van der Waals surface area contributed by atoms with E-state index in [-0.39, 0.29) is 42.2 Å². The van der Waals surface area contributed by atoms with Crippen LogP contribution in [0, 0.1) is 11.6 Å². The minimum absolute atomic E-state index is 0. The van der Waals surface area contributed by atoms with Gasteiger partial charge in [-0.25, -0.2) is 8.78 Å². The van der Waals surface area contributed by atoms with Gasteiger partial charge in [-0.05, 0) is 47.9 Å². The first-order valence-electron chi connectivity index (χ1n) is 9.07. The van der Waals surface area contributed by atoms with Crippen LogP contribution in [0.2, 0.25) is 0 Å². The summed E-state index contributed by atoms with van der Waals surface area (Å²) in [6.07, 6.45) is 2.62. The monoisotopic (exact) mass is 514 g/mol. The summed E-state index contributed by atoms with van der Waals surface area (Å²) in [6.45, 7) is 1.38. The molecule has 0 aliphatic carbocycles. The van der Waals surface area contributed by atoms with Crippen LogP contribution in [0.5, 0.6) is 0 Å². The summed E-state index contributed by atoms with van der Waals surface area (Å²) < 4.78 is 32.2. The van der Waals surface area contributed by atoms with Crippen molar-refractivity contribution in [1.29, 1.82) is 0 Å². The molecule has 2 aromatic carbocycles. The number of rotatable bonds is 7. The summed E-state index contributed by atoms with van der Waals surface area (Å²) in [5.74, 6) is 0.123. The second-order valence-corrected chi connectivity index (χ2v) is 6.47. The van der Waals surface area contributed by atoms with Gasteiger partial charge >= 0.3 is 0 Å². The lowest BCUT2D eigenvalue weighted by Crippen LogP contribution is -2.37. The largest absolute Gasteiger partial charge is 0.380 e. The van der Waals surface area contributed by atoms with Crippen LogP contribution < -0.4 is 10.6 Å². The molecule has 0 unspecified atom stereocenters. The smallest absolute Gasteiger partial charge is 0.191 e. The topological polar surface area (TPSA) is 61.4 Å². The van der Waals surface area contributed by atoms with E-state index in [1.807, 2.05) is 6.20 Å². The Kier molecular flexibility index (Phi) is 8.84. The van der Waals surface area contributed by atoms with Crippen LogP contribution in [0.4, 0.5) is 8.78 Å². The summed E-state index contributed by atoms with van der Waals surface area (Å²) in [5.41, 5.74) is 3.42. The summed E-state index contributed by atoms with van der Waals surface area (Å²) in [7, 11) is 3.23. The summed E-state index contributed by atoms with van der Waals surface area (Å²) in [6, 6.07) is 9.68. The number of nitrogens with one attached hydrogen (secondary N) is 3. The molecule has 8 heteroatoms. The number of hydrogen-bond donors (Lipinski definition) is 3. The Morgan fingerprint density at radius 2 is 1.93 bits per heavy atom. The number of benzene rings is 2. The van der Waals surface area contributed by atoms with E-state index in [1.54, 1.807) is 31.3 Å². The molecule has 0 aliphatic rings. The van der Waals surface area contributed by atoms with Gasteiger partial charge in [0.15, 0.2) is 5.96 Å². The second-order valence-electron chi connectivity index (χ2n) is 6.47. The Bertz CT molecular complexity index is 974. The molecule has 1 aromatic heterocycles. The highest BCUT2D eigenvalue weighted by Gasteiger charge is 2.07. The molecule has 5 nitrogen and oxygen atoms in total. The molecule has 0 atom stereocenters. The third-order valence-corrected chi connectivity index (χ3v) is 4.51. The summed E-state index contributed by atoms with van der Waals surface area (Å²) in [4.78, 5) is 7.36. The van der Waals surface area contributed by atoms with E-state index >= 15 is 0 Å². The van der Waals surface area contributed by atoms with Gasteiger partial charge in [0.25, 0.3) is 0 Å². The molecule has 0 saturated carbocycles. The van der Waals surface area contributed by atoms with E-state index in [2.05, 4.69) is 20.6 Å². The number of hydrogen-bond acceptors (Lipinski definition) is 2. The van der Waals surface area contributed by atoms with Crippen molar-refractivity contribution in [3.05, 3.63) is 70.9 Å². The lowest BCUT2D eigenvalue weighted by molar-refractivity contribution is 0.181. The predicted octanol–water partition coefficient (Wildman–Crippen LogP) is 4.12. The van der Waals surface area contributed by atoms with Gasteiger partial charge in [-0.15, -0.1) is 24.0 Å². The SMILES string of the molecule is CN=C(NCCc1c[nH]c2ccc(F)cc12)NCc1ccc(F)c(COC)c1.I. The zero-order valence-corrected chi connectivity index (χ0v) is 18.7. The maximum Gasteiger partial charge on any atom is 0.191 e. The molecular weight excluding hydrogens is 489 g/mol. The molecular formula is C21H25F2IN4O. The molecule has 0 saturated heterocycles. The van der Waals surface area contributed by atoms with E-state index in [0.29, 0.717) is 24.6 Å². The predicted molar refractivity (Wildman–Crippen MR) is 123 cm³/mol. The Hall–Kier alpha value is -2.20. The minimum atomic E-state index is -0.275. The Morgan fingerprint density at radius 1 is 1.10 bits per heavy atom. The van der Waals surface area contributed by atoms with Gasteiger partial charge < -0.3 is 20.4 Å². The molecule has 3 rings (SSSR count). The fourth-order valence-corrected chi connectivity index (χ4v) is 3.08. The van der Waals surface area contributed by atoms with Gasteiger partial charge in [0.2, 0.25) is 0 Å². The van der Waals surface area contributed by atoms with Crippen LogP contribution in [0.15, 0.2) is 47.6 Å². The number of H-pyrrole nitrogens is 1. The van der Waals surface area contributed by atoms with Gasteiger partial charge in [-0.1, -0.05) is 6.07 Å². The first-order chi connectivity index (χ1) is 13.6. The highest BCUT2D eigenvalue weighted by molar-refractivity contribution is 14.0. The fraction of sp³-hybridized carbons (Fsp3) is 0.286. The van der Waals surface area contributed by atoms with Crippen molar-refractivity contribution < 1.29 is 13.5 Å². The van der Waals surface area contributed by atoms with Crippen LogP contribution in [-0.4, -0.2) is 31.6 Å². The highest BCUT2D eigenvalue weighted by atomic mass is 127. The Labute approximate surface area is 186 Å². The van der Waals surface area contributed by atoms with Crippen LogP contribution in [0.3, 0.4) is 0 Å². The van der Waals surface area contributed by atoms with Crippen LogP contribution in [0.25, 0.3) is 10.9 Å². The number of fused-ring (bicyclic) bond motifs is 1. The second kappa shape index (κ2) is 11.1. The Balaban J connectivity index is 0.00000300. The number of halogens is 3. The highest BCUT2D eigenvalue weighted by Crippen LogP contribution is 2.19. The molecule has 0 bridgehead atoms. The van der Waals surface area contributed by atoms with Crippen molar-refractivity contribution in [2.75, 3.05) is 20.7 Å². The number of guanidine groups is 1. The molecule has 0 radical (unpaired) electrons. The van der Waals surface area contributed by atoms with Crippen molar-refractivity contribution in [2.45, 2.75) is 19.6 Å². The maximum atomic E-state index is 13.7. The van der Waals surface area contributed by atoms with Crippen molar-refractivity contribution in [1.82, 2.24) is 15.6 Å². The minimum Gasteiger partial charge on any atom is -0.380 e. The molecule has 0 aliphatic heterocycles. The summed E-state index contributed by atoms with van der Waals surface area (Å²) in [5, 5.41) is 7.34. The average Bonchev–Trinajstić information content (AvgIpc) is 3.09. The van der Waals surface area contributed by atoms with Gasteiger partial charge in [-0.3, -0.25) is 4.99 Å². The maximum absolute atomic E-state index is 13.7. The lowest BCUT2D eigenvalue weighted by atomic mass is 10.1. The molecule has 3 aromatic rings. The van der Waals surface area contributed by atoms with Crippen molar-refractivity contribution in [3.8, 4) is 0 Å². The van der Waals surface area contributed by atoms with E-state index in [1.165, 1.54) is 19.2 Å². The van der Waals surface area contributed by atoms with Gasteiger partial charge in [0.1, 0.15) is 11.6 Å². The van der Waals surface area contributed by atoms with E-state index in [0.717, 1.165) is 28.5 Å². The van der Waals surface area contributed by atoms with Gasteiger partial charge in [0, 0.05) is 49.9 Å². The molecule has 0 fully saturated rings. The van der Waals surface area contributed by atoms with Gasteiger partial charge in [0.05, 0.1) is 6.61 Å². The fourth-order valence-electron chi connectivity index (χ4n) is 3.08. The number of ether oxygens (including phenoxy) is 1. The van der Waals surface area contributed by atoms with Crippen molar-refractivity contribution in [3.63, 3.8) is 0 Å². The number of nitrogens with zero attached hydrogens (tertiary/aromatic N) is 1. The number of aromatic nitrogens is 1. The third kappa shape index (κ3) is 6.14. The van der Waals surface area contributed by atoms with Crippen molar-refractivity contribution >= 4 is 40.8 Å². The van der Waals surface area contributed by atoms with Crippen molar-refractivity contribution in [2.24, 2.45) is 4.99 Å². The first kappa shape index (κ1) is 23.1. The number of aromatic amines is 1. The molecule has 156 valence electrons. The third-order valence-electron chi connectivity index (χ3n) is 4.51. The van der Waals surface area contributed by atoms with E-state index in [4.69, 9.17) is 4.74 Å². The molecule has 0 spiro atoms. The molecule has 3 N–H and O–H groups in total. The molecule has 0 amide bonds. The normalized spacial score (nSPS) is 11.4. The average molecular weight is 514 g/mol. The zero-order valence-electron chi connectivity index (χ0n) is 16.4.